The van der Waals surface area contributed by atoms with Crippen LogP contribution in [0.3, 0.4) is 0 Å². The number of hydrogen-bond acceptors (Lipinski definition) is 6. The summed E-state index contributed by atoms with van der Waals surface area (Å²) in [5.41, 5.74) is 0. The molecule has 3 N–H and O–H groups in total. The second-order valence-electron chi connectivity index (χ2n) is 5.55. The molecule has 8 nitrogen and oxygen atoms in total. The molecule has 1 aromatic heterocycles. The maximum atomic E-state index is 12.0. The minimum absolute atomic E-state index is 0.0960. The Morgan fingerprint density at radius 3 is 2.83 bits per heavy atom. The third kappa shape index (κ3) is 5.14. The third-order valence-corrected chi connectivity index (χ3v) is 3.87. The van der Waals surface area contributed by atoms with Gasteiger partial charge in [-0.25, -0.2) is 4.98 Å². The van der Waals surface area contributed by atoms with Crippen LogP contribution >= 0.6 is 11.6 Å². The highest BCUT2D eigenvalue weighted by Gasteiger charge is 2.35. The second kappa shape index (κ2) is 7.69. The molecule has 1 amide bonds. The van der Waals surface area contributed by atoms with Gasteiger partial charge in [0, 0.05) is 25.3 Å². The van der Waals surface area contributed by atoms with E-state index in [1.165, 1.54) is 6.20 Å². The molecule has 1 aromatic rings. The number of nitrogens with one attached hydrogen (secondary N) is 1. The van der Waals surface area contributed by atoms with Crippen LogP contribution in [0, 0.1) is 0 Å². The number of halogens is 1. The van der Waals surface area contributed by atoms with Crippen LogP contribution in [0.15, 0.2) is 18.3 Å². The summed E-state index contributed by atoms with van der Waals surface area (Å²) in [4.78, 5) is 30.1. The number of likely N-dealkylation sites (N-methyl/N-ethyl adjacent to an activating group) is 1. The molecule has 1 saturated heterocycles. The molecule has 9 heteroatoms. The van der Waals surface area contributed by atoms with Crippen LogP contribution in [-0.4, -0.2) is 82.2 Å². The minimum Gasteiger partial charge on any atom is -0.480 e. The zero-order chi connectivity index (χ0) is 17.0. The van der Waals surface area contributed by atoms with Crippen molar-refractivity contribution in [1.29, 1.82) is 0 Å². The van der Waals surface area contributed by atoms with Gasteiger partial charge in [0.25, 0.3) is 0 Å². The smallest absolute Gasteiger partial charge is 0.317 e. The topological polar surface area (TPSA) is 106 Å². The van der Waals surface area contributed by atoms with Crippen LogP contribution in [0.5, 0.6) is 0 Å². The van der Waals surface area contributed by atoms with Gasteiger partial charge in [-0.1, -0.05) is 11.6 Å². The molecule has 2 atom stereocenters. The fraction of sp³-hybridized carbons (Fsp3) is 0.500. The van der Waals surface area contributed by atoms with Gasteiger partial charge in [0.1, 0.15) is 5.82 Å². The first-order chi connectivity index (χ1) is 10.8. The van der Waals surface area contributed by atoms with Crippen molar-refractivity contribution in [3.8, 4) is 0 Å². The molecule has 2 heterocycles. The number of aliphatic hydroxyl groups is 1. The molecule has 0 spiro atoms. The maximum Gasteiger partial charge on any atom is 0.317 e. The first-order valence-corrected chi connectivity index (χ1v) is 7.47. The number of nitrogens with zero attached hydrogens (tertiary/aromatic N) is 3. The average Bonchev–Trinajstić information content (AvgIpc) is 2.81. The highest BCUT2D eigenvalue weighted by atomic mass is 35.5. The number of β-amino-alcohol motifs (C(OH)–C–C–N with tert-alkyl or cyclic N) is 1. The molecule has 2 rings (SSSR count). The molecular formula is C14H19ClN4O4. The van der Waals surface area contributed by atoms with E-state index in [-0.39, 0.29) is 25.0 Å². The van der Waals surface area contributed by atoms with Crippen LogP contribution in [0.1, 0.15) is 0 Å². The highest BCUT2D eigenvalue weighted by Crippen LogP contribution is 2.15. The quantitative estimate of drug-likeness (QED) is 0.653. The number of hydrogen-bond donors (Lipinski definition) is 3. The van der Waals surface area contributed by atoms with Crippen LogP contribution < -0.4 is 5.32 Å². The van der Waals surface area contributed by atoms with Crippen molar-refractivity contribution in [1.82, 2.24) is 14.8 Å². The van der Waals surface area contributed by atoms with Gasteiger partial charge >= 0.3 is 5.97 Å². The Hall–Kier alpha value is -1.74. The first kappa shape index (κ1) is 17.6. The molecule has 1 fully saturated rings. The van der Waals surface area contributed by atoms with Crippen molar-refractivity contribution in [2.24, 2.45) is 0 Å². The number of aliphatic hydroxyl groups excluding tert-OH is 1. The van der Waals surface area contributed by atoms with Gasteiger partial charge in [-0.05, 0) is 19.2 Å². The van der Waals surface area contributed by atoms with Crippen molar-refractivity contribution >= 4 is 29.3 Å². The van der Waals surface area contributed by atoms with Crippen LogP contribution in [-0.2, 0) is 9.59 Å². The number of pyridine rings is 1. The van der Waals surface area contributed by atoms with Crippen LogP contribution in [0.4, 0.5) is 5.82 Å². The second-order valence-corrected chi connectivity index (χ2v) is 5.98. The summed E-state index contributed by atoms with van der Waals surface area (Å²) < 4.78 is 0. The molecule has 0 aliphatic carbocycles. The van der Waals surface area contributed by atoms with Crippen LogP contribution in [0.2, 0.25) is 5.02 Å². The van der Waals surface area contributed by atoms with Crippen molar-refractivity contribution in [2.75, 3.05) is 38.5 Å². The Morgan fingerprint density at radius 1 is 1.48 bits per heavy atom. The number of carboxylic acid groups (broad SMARTS) is 1. The number of aromatic nitrogens is 1. The third-order valence-electron chi connectivity index (χ3n) is 3.65. The number of carbonyl (C=O) groups is 2. The standard InChI is InChI=1S/C14H19ClN4O4/c1-18(8-14(22)23)10-5-19(6-11(10)20)7-13(21)17-12-3-2-9(15)4-16-12/h2-4,10-11,20H,5-8H2,1H3,(H,22,23)(H,16,17,21)/t10?,11-/m1/s1. The lowest BCUT2D eigenvalue weighted by atomic mass is 10.2. The van der Waals surface area contributed by atoms with Crippen molar-refractivity contribution in [3.63, 3.8) is 0 Å². The Labute approximate surface area is 138 Å². The fourth-order valence-electron chi connectivity index (χ4n) is 2.58. The number of amides is 1. The summed E-state index contributed by atoms with van der Waals surface area (Å²) in [5.74, 6) is -0.808. The number of rotatable bonds is 6. The maximum absolute atomic E-state index is 12.0. The van der Waals surface area contributed by atoms with Gasteiger partial charge in [0.15, 0.2) is 0 Å². The SMILES string of the molecule is CN(CC(=O)O)C1CN(CC(=O)Nc2ccc(Cl)cn2)C[C@H]1O. The van der Waals surface area contributed by atoms with E-state index in [2.05, 4.69) is 10.3 Å². The van der Waals surface area contributed by atoms with Gasteiger partial charge in [-0.3, -0.25) is 19.4 Å². The summed E-state index contributed by atoms with van der Waals surface area (Å²) in [5, 5.41) is 22.0. The first-order valence-electron chi connectivity index (χ1n) is 7.09. The summed E-state index contributed by atoms with van der Waals surface area (Å²) in [6.07, 6.45) is 0.744. The zero-order valence-electron chi connectivity index (χ0n) is 12.6. The predicted molar refractivity (Wildman–Crippen MR) is 84.4 cm³/mol. The van der Waals surface area contributed by atoms with E-state index < -0.39 is 12.1 Å². The molecular weight excluding hydrogens is 324 g/mol. The van der Waals surface area contributed by atoms with E-state index in [1.54, 1.807) is 29.0 Å². The summed E-state index contributed by atoms with van der Waals surface area (Å²) in [6, 6.07) is 2.91. The molecule has 0 radical (unpaired) electrons. The number of carbonyl (C=O) groups excluding carboxylic acids is 1. The molecule has 1 aliphatic heterocycles. The van der Waals surface area contributed by atoms with Gasteiger partial charge in [0.05, 0.1) is 24.2 Å². The molecule has 23 heavy (non-hydrogen) atoms. The summed E-state index contributed by atoms with van der Waals surface area (Å²) in [7, 11) is 1.64. The lowest BCUT2D eigenvalue weighted by molar-refractivity contribution is -0.138. The molecule has 0 saturated carbocycles. The van der Waals surface area contributed by atoms with Crippen molar-refractivity contribution < 1.29 is 19.8 Å². The Morgan fingerprint density at radius 2 is 2.22 bits per heavy atom. The van der Waals surface area contributed by atoms with Gasteiger partial charge < -0.3 is 15.5 Å². The van der Waals surface area contributed by atoms with E-state index in [1.807, 2.05) is 0 Å². The van der Waals surface area contributed by atoms with Crippen molar-refractivity contribution in [3.05, 3.63) is 23.4 Å². The van der Waals surface area contributed by atoms with Gasteiger partial charge in [-0.2, -0.15) is 0 Å². The molecule has 1 aliphatic rings. The predicted octanol–water partition coefficient (Wildman–Crippen LogP) is -0.265. The summed E-state index contributed by atoms with van der Waals surface area (Å²) >= 11 is 5.73. The van der Waals surface area contributed by atoms with E-state index in [9.17, 15) is 14.7 Å². The summed E-state index contributed by atoms with van der Waals surface area (Å²) in [6.45, 7) is 0.678. The largest absolute Gasteiger partial charge is 0.480 e. The van der Waals surface area contributed by atoms with Gasteiger partial charge in [0.2, 0.25) is 5.91 Å². The average molecular weight is 343 g/mol. The number of likely N-dealkylation sites (tertiary alicyclic amines) is 1. The number of aliphatic carboxylic acids is 1. The van der Waals surface area contributed by atoms with E-state index in [4.69, 9.17) is 16.7 Å². The number of carboxylic acids is 1. The van der Waals surface area contributed by atoms with E-state index >= 15 is 0 Å². The van der Waals surface area contributed by atoms with Crippen LogP contribution in [0.25, 0.3) is 0 Å². The fourth-order valence-corrected chi connectivity index (χ4v) is 2.69. The zero-order valence-corrected chi connectivity index (χ0v) is 13.4. The lowest BCUT2D eigenvalue weighted by Gasteiger charge is -2.24. The number of anilines is 1. The Bertz CT molecular complexity index is 568. The van der Waals surface area contributed by atoms with E-state index in [0.29, 0.717) is 23.9 Å². The normalized spacial score (nSPS) is 21.6. The lowest BCUT2D eigenvalue weighted by Crippen LogP contribution is -2.43. The Kier molecular flexibility index (Phi) is 5.89. The molecule has 0 aromatic carbocycles. The van der Waals surface area contributed by atoms with Gasteiger partial charge in [-0.15, -0.1) is 0 Å². The van der Waals surface area contributed by atoms with Crippen molar-refractivity contribution in [2.45, 2.75) is 12.1 Å². The Balaban J connectivity index is 1.85. The monoisotopic (exact) mass is 342 g/mol. The molecule has 0 bridgehead atoms. The van der Waals surface area contributed by atoms with E-state index in [0.717, 1.165) is 0 Å². The highest BCUT2D eigenvalue weighted by molar-refractivity contribution is 6.30. The minimum atomic E-state index is -0.954. The molecule has 1 unspecified atom stereocenters. The molecule has 126 valence electrons.